The monoisotopic (exact) mass is 511 g/mol. The number of nitrogens with zero attached hydrogens (tertiary/aromatic N) is 3. The molecule has 1 saturated heterocycles. The molecule has 2 atom stereocenters. The largest absolute Gasteiger partial charge is 0.401 e. The molecule has 0 amide bonds. The van der Waals surface area contributed by atoms with Crippen molar-refractivity contribution < 1.29 is 13.2 Å². The molecule has 28 heavy (non-hydrogen) atoms. The molecular weight excluding hydrogens is 482 g/mol. The first-order valence-corrected chi connectivity index (χ1v) is 9.46. The smallest absolute Gasteiger partial charge is 0.366 e. The van der Waals surface area contributed by atoms with Gasteiger partial charge in [-0.2, -0.15) is 13.2 Å². The van der Waals surface area contributed by atoms with Crippen LogP contribution < -0.4 is 15.5 Å². The van der Waals surface area contributed by atoms with Gasteiger partial charge in [0, 0.05) is 51.0 Å². The Morgan fingerprint density at radius 3 is 2.75 bits per heavy atom. The zero-order valence-corrected chi connectivity index (χ0v) is 18.6. The van der Waals surface area contributed by atoms with Crippen molar-refractivity contribution in [1.82, 2.24) is 15.5 Å². The molecule has 158 valence electrons. The number of benzene rings is 1. The van der Waals surface area contributed by atoms with Gasteiger partial charge in [-0.1, -0.05) is 18.2 Å². The van der Waals surface area contributed by atoms with E-state index in [2.05, 4.69) is 51.7 Å². The number of nitrogens with one attached hydrogen (secondary N) is 2. The van der Waals surface area contributed by atoms with E-state index in [-0.39, 0.29) is 36.1 Å². The maximum Gasteiger partial charge on any atom is 0.401 e. The molecule has 2 unspecified atom stereocenters. The lowest BCUT2D eigenvalue weighted by atomic mass is 10.2. The normalized spacial score (nSPS) is 21.2. The van der Waals surface area contributed by atoms with E-state index < -0.39 is 12.7 Å². The standard InChI is InChI=1S/C19H28F3N5.HI/c1-14(27-10-7-15-5-3-4-6-17(15)27)11-24-18(23-2)25-16-8-9-26(12-16)13-19(20,21)22;/h3-6,14,16H,7-13H2,1-2H3,(H2,23,24,25);1H. The fourth-order valence-corrected chi connectivity index (χ4v) is 3.91. The Hall–Kier alpha value is -1.23. The van der Waals surface area contributed by atoms with Crippen molar-refractivity contribution in [2.75, 3.05) is 44.7 Å². The zero-order valence-electron chi connectivity index (χ0n) is 16.3. The summed E-state index contributed by atoms with van der Waals surface area (Å²) in [5.74, 6) is 0.646. The maximum atomic E-state index is 12.5. The van der Waals surface area contributed by atoms with Gasteiger partial charge in [-0.25, -0.2) is 0 Å². The Bertz CT molecular complexity index is 667. The van der Waals surface area contributed by atoms with Crippen LogP contribution in [0.2, 0.25) is 0 Å². The molecule has 2 aliphatic heterocycles. The van der Waals surface area contributed by atoms with Crippen molar-refractivity contribution >= 4 is 35.6 Å². The molecule has 1 aromatic carbocycles. The van der Waals surface area contributed by atoms with E-state index in [1.807, 2.05) is 0 Å². The number of hydrogen-bond acceptors (Lipinski definition) is 3. The lowest BCUT2D eigenvalue weighted by Crippen LogP contribution is -2.49. The van der Waals surface area contributed by atoms with Crippen LogP contribution in [0.4, 0.5) is 18.9 Å². The highest BCUT2D eigenvalue weighted by atomic mass is 127. The van der Waals surface area contributed by atoms with Crippen LogP contribution in [0.15, 0.2) is 29.3 Å². The fraction of sp³-hybridized carbons (Fsp3) is 0.632. The molecule has 5 nitrogen and oxygen atoms in total. The van der Waals surface area contributed by atoms with Gasteiger partial charge < -0.3 is 15.5 Å². The van der Waals surface area contributed by atoms with Gasteiger partial charge >= 0.3 is 6.18 Å². The van der Waals surface area contributed by atoms with Crippen LogP contribution >= 0.6 is 24.0 Å². The lowest BCUT2D eigenvalue weighted by molar-refractivity contribution is -0.143. The lowest BCUT2D eigenvalue weighted by Gasteiger charge is -2.28. The van der Waals surface area contributed by atoms with Gasteiger partial charge in [0.25, 0.3) is 0 Å². The van der Waals surface area contributed by atoms with Crippen LogP contribution in [0.25, 0.3) is 0 Å². The summed E-state index contributed by atoms with van der Waals surface area (Å²) in [7, 11) is 1.69. The Morgan fingerprint density at radius 2 is 2.04 bits per heavy atom. The topological polar surface area (TPSA) is 42.9 Å². The summed E-state index contributed by atoms with van der Waals surface area (Å²) in [6, 6.07) is 8.73. The summed E-state index contributed by atoms with van der Waals surface area (Å²) in [4.78, 5) is 8.05. The predicted octanol–water partition coefficient (Wildman–Crippen LogP) is 2.86. The molecule has 0 aromatic heterocycles. The molecule has 1 fully saturated rings. The van der Waals surface area contributed by atoms with Crippen LogP contribution in [-0.2, 0) is 6.42 Å². The third-order valence-corrected chi connectivity index (χ3v) is 5.26. The number of para-hydroxylation sites is 1. The molecule has 0 spiro atoms. The maximum absolute atomic E-state index is 12.5. The molecule has 2 aliphatic rings. The highest BCUT2D eigenvalue weighted by Crippen LogP contribution is 2.28. The number of rotatable bonds is 5. The second kappa shape index (κ2) is 10.00. The summed E-state index contributed by atoms with van der Waals surface area (Å²) >= 11 is 0. The van der Waals surface area contributed by atoms with Gasteiger partial charge in [0.05, 0.1) is 6.54 Å². The molecule has 9 heteroatoms. The zero-order chi connectivity index (χ0) is 19.4. The second-order valence-corrected chi connectivity index (χ2v) is 7.35. The second-order valence-electron chi connectivity index (χ2n) is 7.35. The minimum atomic E-state index is -4.14. The minimum Gasteiger partial charge on any atom is -0.366 e. The van der Waals surface area contributed by atoms with Gasteiger partial charge in [-0.05, 0) is 31.4 Å². The Morgan fingerprint density at radius 1 is 1.29 bits per heavy atom. The average Bonchev–Trinajstić information content (AvgIpc) is 3.23. The number of likely N-dealkylation sites (tertiary alicyclic amines) is 1. The van der Waals surface area contributed by atoms with Crippen molar-refractivity contribution in [3.63, 3.8) is 0 Å². The third-order valence-electron chi connectivity index (χ3n) is 5.26. The van der Waals surface area contributed by atoms with Gasteiger partial charge in [-0.3, -0.25) is 9.89 Å². The van der Waals surface area contributed by atoms with Crippen molar-refractivity contribution in [2.45, 2.75) is 38.0 Å². The first-order chi connectivity index (χ1) is 12.9. The van der Waals surface area contributed by atoms with Crippen LogP contribution in [0.3, 0.4) is 0 Å². The Balaban J connectivity index is 0.00000280. The molecule has 0 bridgehead atoms. The molecular formula is C19H29F3IN5. The SMILES string of the molecule is CN=C(NCC(C)N1CCc2ccccc21)NC1CCN(CC(F)(F)F)C1.I. The summed E-state index contributed by atoms with van der Waals surface area (Å²) in [6.45, 7) is 3.88. The van der Waals surface area contributed by atoms with E-state index in [1.165, 1.54) is 16.2 Å². The first-order valence-electron chi connectivity index (χ1n) is 9.46. The summed E-state index contributed by atoms with van der Waals surface area (Å²) in [5, 5.41) is 6.58. The average molecular weight is 511 g/mol. The number of halogens is 4. The number of guanidine groups is 1. The molecule has 2 N–H and O–H groups in total. The molecule has 0 radical (unpaired) electrons. The molecule has 0 aliphatic carbocycles. The first kappa shape index (κ1) is 23.1. The highest BCUT2D eigenvalue weighted by molar-refractivity contribution is 14.0. The van der Waals surface area contributed by atoms with E-state index in [4.69, 9.17) is 0 Å². The highest BCUT2D eigenvalue weighted by Gasteiger charge is 2.34. The fourth-order valence-electron chi connectivity index (χ4n) is 3.91. The van der Waals surface area contributed by atoms with E-state index in [0.717, 1.165) is 13.0 Å². The van der Waals surface area contributed by atoms with E-state index in [0.29, 0.717) is 32.0 Å². The minimum absolute atomic E-state index is 0. The van der Waals surface area contributed by atoms with Gasteiger partial charge in [-0.15, -0.1) is 24.0 Å². The van der Waals surface area contributed by atoms with Crippen molar-refractivity contribution in [3.05, 3.63) is 29.8 Å². The van der Waals surface area contributed by atoms with E-state index in [9.17, 15) is 13.2 Å². The van der Waals surface area contributed by atoms with Crippen molar-refractivity contribution in [1.29, 1.82) is 0 Å². The Kier molecular flexibility index (Phi) is 8.23. The number of fused-ring (bicyclic) bond motifs is 1. The summed E-state index contributed by atoms with van der Waals surface area (Å²) in [5.41, 5.74) is 2.66. The summed E-state index contributed by atoms with van der Waals surface area (Å²) < 4.78 is 37.6. The predicted molar refractivity (Wildman–Crippen MR) is 118 cm³/mol. The van der Waals surface area contributed by atoms with Crippen molar-refractivity contribution in [2.24, 2.45) is 4.99 Å². The quantitative estimate of drug-likeness (QED) is 0.363. The number of hydrogen-bond donors (Lipinski definition) is 2. The Labute approximate surface area is 181 Å². The number of anilines is 1. The molecule has 0 saturated carbocycles. The van der Waals surface area contributed by atoms with Crippen LogP contribution in [0, 0.1) is 0 Å². The van der Waals surface area contributed by atoms with Gasteiger partial charge in [0.1, 0.15) is 0 Å². The van der Waals surface area contributed by atoms with Crippen LogP contribution in [0.5, 0.6) is 0 Å². The van der Waals surface area contributed by atoms with Crippen LogP contribution in [0.1, 0.15) is 18.9 Å². The van der Waals surface area contributed by atoms with Crippen molar-refractivity contribution in [3.8, 4) is 0 Å². The summed E-state index contributed by atoms with van der Waals surface area (Å²) in [6.07, 6.45) is -2.40. The molecule has 2 heterocycles. The van der Waals surface area contributed by atoms with Crippen LogP contribution in [-0.4, -0.2) is 68.9 Å². The molecule has 1 aromatic rings. The number of alkyl halides is 3. The van der Waals surface area contributed by atoms with Gasteiger partial charge in [0.15, 0.2) is 5.96 Å². The van der Waals surface area contributed by atoms with Gasteiger partial charge in [0.2, 0.25) is 0 Å². The van der Waals surface area contributed by atoms with E-state index >= 15 is 0 Å². The third kappa shape index (κ3) is 6.13. The molecule has 3 rings (SSSR count). The van der Waals surface area contributed by atoms with E-state index in [1.54, 1.807) is 7.05 Å². The number of aliphatic imine (C=N–C) groups is 1.